The number of thioether (sulfide) groups is 1. The molecule has 0 amide bonds. The first kappa shape index (κ1) is 14.0. The number of hydrogen-bond donors (Lipinski definition) is 2. The molecule has 0 saturated heterocycles. The molecule has 1 aliphatic heterocycles. The van der Waals surface area contributed by atoms with E-state index in [9.17, 15) is 0 Å². The molecule has 0 aromatic carbocycles. The average Bonchev–Trinajstić information content (AvgIpc) is 2.85. The SMILES string of the molecule is I.NC(=NCCc1cn2c(n1)SCC2)NC1CC1. The number of fused-ring (bicyclic) bond motifs is 1. The molecule has 2 heterocycles. The van der Waals surface area contributed by atoms with Crippen LogP contribution in [0.25, 0.3) is 0 Å². The molecule has 2 aliphatic rings. The van der Waals surface area contributed by atoms with Crippen molar-refractivity contribution in [2.75, 3.05) is 12.3 Å². The molecular formula is C11H18IN5S. The molecule has 7 heteroatoms. The van der Waals surface area contributed by atoms with Gasteiger partial charge in [0.2, 0.25) is 0 Å². The van der Waals surface area contributed by atoms with Crippen LogP contribution in [0.1, 0.15) is 18.5 Å². The van der Waals surface area contributed by atoms with Gasteiger partial charge in [0.1, 0.15) is 0 Å². The second-order valence-corrected chi connectivity index (χ2v) is 5.55. The molecule has 1 fully saturated rings. The van der Waals surface area contributed by atoms with Gasteiger partial charge in [0.25, 0.3) is 0 Å². The van der Waals surface area contributed by atoms with Crippen molar-refractivity contribution in [1.29, 1.82) is 0 Å². The molecule has 5 nitrogen and oxygen atoms in total. The van der Waals surface area contributed by atoms with Crippen molar-refractivity contribution in [1.82, 2.24) is 14.9 Å². The molecule has 0 atom stereocenters. The van der Waals surface area contributed by atoms with Gasteiger partial charge >= 0.3 is 0 Å². The Morgan fingerprint density at radius 1 is 1.61 bits per heavy atom. The number of halogens is 1. The fourth-order valence-electron chi connectivity index (χ4n) is 1.86. The first-order chi connectivity index (χ1) is 8.31. The van der Waals surface area contributed by atoms with Crippen LogP contribution in [0.4, 0.5) is 0 Å². The zero-order valence-corrected chi connectivity index (χ0v) is 13.3. The van der Waals surface area contributed by atoms with Crippen molar-refractivity contribution < 1.29 is 0 Å². The molecule has 100 valence electrons. The van der Waals surface area contributed by atoms with Gasteiger partial charge in [-0.3, -0.25) is 4.99 Å². The number of hydrogen-bond acceptors (Lipinski definition) is 3. The lowest BCUT2D eigenvalue weighted by Gasteiger charge is -2.01. The summed E-state index contributed by atoms with van der Waals surface area (Å²) in [4.78, 5) is 8.87. The number of nitrogens with one attached hydrogen (secondary N) is 1. The predicted molar refractivity (Wildman–Crippen MR) is 84.7 cm³/mol. The lowest BCUT2D eigenvalue weighted by molar-refractivity contribution is 0.719. The molecule has 3 N–H and O–H groups in total. The molecule has 1 saturated carbocycles. The van der Waals surface area contributed by atoms with Crippen molar-refractivity contribution in [2.45, 2.75) is 37.0 Å². The van der Waals surface area contributed by atoms with E-state index in [1.165, 1.54) is 12.8 Å². The number of nitrogens with zero attached hydrogens (tertiary/aromatic N) is 3. The minimum Gasteiger partial charge on any atom is -0.370 e. The van der Waals surface area contributed by atoms with E-state index in [1.54, 1.807) is 0 Å². The lowest BCUT2D eigenvalue weighted by Crippen LogP contribution is -2.33. The Morgan fingerprint density at radius 3 is 3.17 bits per heavy atom. The summed E-state index contributed by atoms with van der Waals surface area (Å²) in [6, 6.07) is 0.576. The van der Waals surface area contributed by atoms with Crippen LogP contribution in [-0.2, 0) is 13.0 Å². The van der Waals surface area contributed by atoms with Crippen LogP contribution in [0, 0.1) is 0 Å². The predicted octanol–water partition coefficient (Wildman–Crippen LogP) is 1.22. The molecule has 0 radical (unpaired) electrons. The molecule has 18 heavy (non-hydrogen) atoms. The second kappa shape index (κ2) is 6.14. The van der Waals surface area contributed by atoms with E-state index in [1.807, 2.05) is 11.8 Å². The first-order valence-electron chi connectivity index (χ1n) is 6.06. The van der Waals surface area contributed by atoms with E-state index in [-0.39, 0.29) is 24.0 Å². The monoisotopic (exact) mass is 379 g/mol. The van der Waals surface area contributed by atoms with Gasteiger partial charge in [-0.25, -0.2) is 4.98 Å². The van der Waals surface area contributed by atoms with Crippen molar-refractivity contribution in [3.05, 3.63) is 11.9 Å². The highest BCUT2D eigenvalue weighted by Crippen LogP contribution is 2.24. The number of guanidine groups is 1. The molecule has 1 aliphatic carbocycles. The van der Waals surface area contributed by atoms with Gasteiger partial charge in [0.05, 0.1) is 5.69 Å². The summed E-state index contributed by atoms with van der Waals surface area (Å²) in [5.74, 6) is 1.73. The zero-order valence-electron chi connectivity index (χ0n) is 10.1. The maximum Gasteiger partial charge on any atom is 0.188 e. The normalized spacial score (nSPS) is 18.3. The third kappa shape index (κ3) is 3.53. The van der Waals surface area contributed by atoms with Crippen LogP contribution in [0.3, 0.4) is 0 Å². The number of aromatic nitrogens is 2. The van der Waals surface area contributed by atoms with E-state index in [4.69, 9.17) is 5.73 Å². The van der Waals surface area contributed by atoms with E-state index < -0.39 is 0 Å². The minimum atomic E-state index is 0. The summed E-state index contributed by atoms with van der Waals surface area (Å²) in [7, 11) is 0. The van der Waals surface area contributed by atoms with Crippen LogP contribution in [0.5, 0.6) is 0 Å². The molecule has 1 aromatic rings. The van der Waals surface area contributed by atoms with E-state index in [2.05, 4.69) is 26.1 Å². The van der Waals surface area contributed by atoms with Gasteiger partial charge in [0, 0.05) is 37.5 Å². The van der Waals surface area contributed by atoms with E-state index in [0.29, 0.717) is 18.5 Å². The largest absolute Gasteiger partial charge is 0.370 e. The number of aliphatic imine (C=N–C) groups is 1. The summed E-state index contributed by atoms with van der Waals surface area (Å²) in [5, 5.41) is 4.32. The summed E-state index contributed by atoms with van der Waals surface area (Å²) in [6.07, 6.45) is 5.45. The zero-order chi connectivity index (χ0) is 11.7. The maximum absolute atomic E-state index is 5.76. The highest BCUT2D eigenvalue weighted by atomic mass is 127. The Kier molecular flexibility index (Phi) is 4.77. The Bertz CT molecular complexity index is 419. The quantitative estimate of drug-likeness (QED) is 0.469. The van der Waals surface area contributed by atoms with Crippen molar-refractivity contribution in [3.8, 4) is 0 Å². The van der Waals surface area contributed by atoms with E-state index >= 15 is 0 Å². The van der Waals surface area contributed by atoms with Crippen molar-refractivity contribution in [2.24, 2.45) is 10.7 Å². The lowest BCUT2D eigenvalue weighted by atomic mass is 10.3. The van der Waals surface area contributed by atoms with Gasteiger partial charge in [-0.15, -0.1) is 24.0 Å². The van der Waals surface area contributed by atoms with Crippen molar-refractivity contribution >= 4 is 41.7 Å². The third-order valence-corrected chi connectivity index (χ3v) is 3.90. The highest BCUT2D eigenvalue weighted by molar-refractivity contribution is 14.0. The Morgan fingerprint density at radius 2 is 2.44 bits per heavy atom. The number of aryl methyl sites for hydroxylation is 1. The Labute approximate surface area is 128 Å². The average molecular weight is 379 g/mol. The number of imidazole rings is 1. The van der Waals surface area contributed by atoms with E-state index in [0.717, 1.165) is 29.6 Å². The highest BCUT2D eigenvalue weighted by Gasteiger charge is 2.21. The molecule has 0 bridgehead atoms. The molecular weight excluding hydrogens is 361 g/mol. The standard InChI is InChI=1S/C11H17N5S.HI/c12-10(14-8-1-2-8)13-4-3-9-7-16-5-6-17-11(16)15-9;/h7-8H,1-6H2,(H3,12,13,14);1H. The third-order valence-electron chi connectivity index (χ3n) is 2.93. The van der Waals surface area contributed by atoms with Crippen LogP contribution in [0.15, 0.2) is 16.3 Å². The first-order valence-corrected chi connectivity index (χ1v) is 7.05. The van der Waals surface area contributed by atoms with Gasteiger partial charge < -0.3 is 15.6 Å². The topological polar surface area (TPSA) is 68.2 Å². The number of rotatable bonds is 4. The van der Waals surface area contributed by atoms with Crippen LogP contribution in [0.2, 0.25) is 0 Å². The van der Waals surface area contributed by atoms with Gasteiger partial charge in [0.15, 0.2) is 11.1 Å². The van der Waals surface area contributed by atoms with Crippen LogP contribution in [-0.4, -0.2) is 33.9 Å². The molecule has 1 aromatic heterocycles. The summed E-state index contributed by atoms with van der Waals surface area (Å²) >= 11 is 1.82. The summed E-state index contributed by atoms with van der Waals surface area (Å²) in [6.45, 7) is 1.80. The Balaban J connectivity index is 0.00000120. The van der Waals surface area contributed by atoms with Crippen LogP contribution < -0.4 is 11.1 Å². The Hall–Kier alpha value is -0.440. The minimum absolute atomic E-state index is 0. The van der Waals surface area contributed by atoms with Crippen molar-refractivity contribution in [3.63, 3.8) is 0 Å². The summed E-state index contributed by atoms with van der Waals surface area (Å²) in [5.41, 5.74) is 6.88. The molecule has 0 spiro atoms. The summed E-state index contributed by atoms with van der Waals surface area (Å²) < 4.78 is 2.22. The smallest absolute Gasteiger partial charge is 0.188 e. The number of nitrogens with two attached hydrogens (primary N) is 1. The van der Waals surface area contributed by atoms with Gasteiger partial charge in [-0.05, 0) is 12.8 Å². The van der Waals surface area contributed by atoms with Crippen LogP contribution >= 0.6 is 35.7 Å². The molecule has 3 rings (SSSR count). The maximum atomic E-state index is 5.76. The fourth-order valence-corrected chi connectivity index (χ4v) is 2.82. The second-order valence-electron chi connectivity index (χ2n) is 4.49. The fraction of sp³-hybridized carbons (Fsp3) is 0.636. The van der Waals surface area contributed by atoms with Gasteiger partial charge in [-0.2, -0.15) is 0 Å². The van der Waals surface area contributed by atoms with Gasteiger partial charge in [-0.1, -0.05) is 11.8 Å². The molecule has 0 unspecified atom stereocenters.